The molecule has 0 aliphatic carbocycles. The topological polar surface area (TPSA) is 136 Å². The molecule has 35 heavy (non-hydrogen) atoms. The maximum Gasteiger partial charge on any atom is 0.573 e. The Kier molecular flexibility index (Phi) is 5.44. The fourth-order valence-corrected chi connectivity index (χ4v) is 5.07. The smallest absolute Gasteiger partial charge is 0.486 e. The van der Waals surface area contributed by atoms with Gasteiger partial charge in [-0.2, -0.15) is 4.80 Å². The molecule has 2 aliphatic heterocycles. The number of anilines is 1. The number of piperidine rings is 1. The zero-order valence-corrected chi connectivity index (χ0v) is 18.7. The molecule has 0 saturated carbocycles. The summed E-state index contributed by atoms with van der Waals surface area (Å²) in [5.41, 5.74) is -1.29. The summed E-state index contributed by atoms with van der Waals surface area (Å²) in [6.07, 6.45) is -5.19. The third-order valence-electron chi connectivity index (χ3n) is 5.71. The van der Waals surface area contributed by atoms with E-state index in [1.54, 1.807) is 6.20 Å². The van der Waals surface area contributed by atoms with Crippen LogP contribution in [0.1, 0.15) is 32.3 Å². The minimum absolute atomic E-state index is 0.0130. The summed E-state index contributed by atoms with van der Waals surface area (Å²) < 4.78 is 57.0. The van der Waals surface area contributed by atoms with Gasteiger partial charge in [-0.3, -0.25) is 4.79 Å². The van der Waals surface area contributed by atoms with Crippen LogP contribution in [0.5, 0.6) is 11.5 Å². The molecule has 0 bridgehead atoms. The van der Waals surface area contributed by atoms with Gasteiger partial charge in [-0.25, -0.2) is 4.98 Å². The van der Waals surface area contributed by atoms with Crippen molar-refractivity contribution in [1.29, 1.82) is 0 Å². The Bertz CT molecular complexity index is 1290. The quantitative estimate of drug-likeness (QED) is 0.524. The second-order valence-electron chi connectivity index (χ2n) is 8.12. The highest BCUT2D eigenvalue weighted by molar-refractivity contribution is 7.18. The van der Waals surface area contributed by atoms with Crippen molar-refractivity contribution in [2.75, 3.05) is 18.0 Å². The highest BCUT2D eigenvalue weighted by Crippen LogP contribution is 2.48. The first-order valence-electron chi connectivity index (χ1n) is 10.9. The number of tetrazole rings is 1. The molecule has 2 aliphatic rings. The predicted molar refractivity (Wildman–Crippen MR) is 114 cm³/mol. The van der Waals surface area contributed by atoms with Crippen LogP contribution in [0.15, 0.2) is 24.4 Å². The van der Waals surface area contributed by atoms with Gasteiger partial charge in [-0.1, -0.05) is 17.4 Å². The fourth-order valence-electron chi connectivity index (χ4n) is 4.18. The molecule has 4 heterocycles. The van der Waals surface area contributed by atoms with Gasteiger partial charge in [0.1, 0.15) is 17.1 Å². The zero-order valence-electron chi connectivity index (χ0n) is 18.9. The fraction of sp³-hybridized carbons (Fsp3) is 0.450. The van der Waals surface area contributed by atoms with E-state index in [1.165, 1.54) is 23.5 Å². The number of halogens is 3. The van der Waals surface area contributed by atoms with E-state index in [0.29, 0.717) is 35.9 Å². The van der Waals surface area contributed by atoms with Gasteiger partial charge in [0.25, 0.3) is 0 Å². The van der Waals surface area contributed by atoms with Crippen LogP contribution >= 0.6 is 11.3 Å². The first kappa shape index (κ1) is 22.0. The number of ether oxygens (including phenoxy) is 2. The molecule has 5 rings (SSSR count). The van der Waals surface area contributed by atoms with E-state index in [2.05, 4.69) is 25.1 Å². The summed E-state index contributed by atoms with van der Waals surface area (Å²) in [5.74, 6) is -1.52. The molecular formula is C20H19F3N6O5S. The van der Waals surface area contributed by atoms with Gasteiger partial charge in [0.2, 0.25) is 5.82 Å². The lowest BCUT2D eigenvalue weighted by molar-refractivity contribution is -0.275. The van der Waals surface area contributed by atoms with E-state index < -0.39 is 36.3 Å². The molecule has 1 saturated heterocycles. The third kappa shape index (κ3) is 4.86. The van der Waals surface area contributed by atoms with Crippen molar-refractivity contribution >= 4 is 22.4 Å². The summed E-state index contributed by atoms with van der Waals surface area (Å²) in [4.78, 5) is 18.7. The summed E-state index contributed by atoms with van der Waals surface area (Å²) >= 11 is 1.29. The van der Waals surface area contributed by atoms with Gasteiger partial charge >= 0.3 is 12.3 Å². The van der Waals surface area contributed by atoms with Crippen LogP contribution in [-0.4, -0.2) is 66.4 Å². The summed E-state index contributed by atoms with van der Waals surface area (Å²) in [6.45, 7) is 0.495. The number of aliphatic carboxylic acids is 1. The number of hydrogen-bond acceptors (Lipinski definition) is 10. The Balaban J connectivity index is 1.30. The Morgan fingerprint density at radius 1 is 1.37 bits per heavy atom. The average molecular weight is 513 g/mol. The van der Waals surface area contributed by atoms with Gasteiger partial charge in [0.15, 0.2) is 11.7 Å². The summed E-state index contributed by atoms with van der Waals surface area (Å²) in [6, 6.07) is 3.79. The van der Waals surface area contributed by atoms with Crippen LogP contribution in [0, 0.1) is 0 Å². The number of carbonyl (C=O) groups is 1. The molecule has 186 valence electrons. The van der Waals surface area contributed by atoms with E-state index in [0.717, 1.165) is 10.9 Å². The van der Waals surface area contributed by atoms with Crippen molar-refractivity contribution in [2.45, 2.75) is 43.9 Å². The number of thiazole rings is 1. The second-order valence-corrected chi connectivity index (χ2v) is 9.13. The molecule has 1 unspecified atom stereocenters. The molecule has 1 fully saturated rings. The maximum absolute atomic E-state index is 12.8. The van der Waals surface area contributed by atoms with Crippen LogP contribution in [0.4, 0.5) is 18.3 Å². The van der Waals surface area contributed by atoms with Crippen LogP contribution in [0.3, 0.4) is 0 Å². The van der Waals surface area contributed by atoms with E-state index in [4.69, 9.17) is 11.2 Å². The van der Waals surface area contributed by atoms with E-state index >= 15 is 0 Å². The molecule has 0 radical (unpaired) electrons. The third-order valence-corrected chi connectivity index (χ3v) is 6.76. The maximum atomic E-state index is 12.8. The zero-order chi connectivity index (χ0) is 25.7. The van der Waals surface area contributed by atoms with Gasteiger partial charge in [0.05, 0.1) is 24.1 Å². The number of hydrogen-bond donors (Lipinski definition) is 2. The van der Waals surface area contributed by atoms with Crippen molar-refractivity contribution in [1.82, 2.24) is 25.2 Å². The second kappa shape index (κ2) is 8.64. The van der Waals surface area contributed by atoms with Crippen LogP contribution in [-0.2, 0) is 11.3 Å². The number of benzene rings is 1. The van der Waals surface area contributed by atoms with Crippen molar-refractivity contribution in [3.63, 3.8) is 0 Å². The molecule has 0 amide bonds. The highest BCUT2D eigenvalue weighted by Gasteiger charge is 2.45. The molecule has 3 aromatic rings. The molecule has 2 N–H and O–H groups in total. The van der Waals surface area contributed by atoms with Crippen LogP contribution in [0.2, 0.25) is 0 Å². The SMILES string of the molecule is [2H]C1(O)CC2(CCN(c3ncc(-c4nnn(CC(=O)O)n4)s3)CC2)Oc2cccc(OC(F)(F)F)c21. The molecule has 2 aromatic heterocycles. The van der Waals surface area contributed by atoms with Gasteiger partial charge in [-0.05, 0) is 17.3 Å². The minimum atomic E-state index is -4.97. The normalized spacial score (nSPS) is 21.8. The van der Waals surface area contributed by atoms with E-state index in [9.17, 15) is 23.1 Å². The van der Waals surface area contributed by atoms with Crippen LogP contribution in [0.25, 0.3) is 10.7 Å². The van der Waals surface area contributed by atoms with Gasteiger partial charge in [0, 0.05) is 32.4 Å². The van der Waals surface area contributed by atoms with E-state index in [-0.39, 0.29) is 23.6 Å². The number of nitrogens with zero attached hydrogens (tertiary/aromatic N) is 6. The number of aliphatic hydroxyl groups is 1. The standard InChI is InChI=1S/C20H19F3N6O5S/c21-20(22,23)34-13-3-1-2-12-16(13)11(30)8-19(33-12)4-6-28(7-5-19)18-24-9-14(35-18)17-25-27-29(26-17)10-15(31)32/h1-3,9,11,30H,4-8,10H2,(H,31,32)/i11D. The molecule has 15 heteroatoms. The Morgan fingerprint density at radius 2 is 2.14 bits per heavy atom. The van der Waals surface area contributed by atoms with Crippen molar-refractivity contribution < 1.29 is 39.0 Å². The number of alkyl halides is 3. The Morgan fingerprint density at radius 3 is 2.86 bits per heavy atom. The highest BCUT2D eigenvalue weighted by atomic mass is 32.1. The number of fused-ring (bicyclic) bond motifs is 1. The van der Waals surface area contributed by atoms with Crippen molar-refractivity contribution in [3.8, 4) is 22.2 Å². The lowest BCUT2D eigenvalue weighted by Crippen LogP contribution is -2.50. The Labute approximate surface area is 201 Å². The lowest BCUT2D eigenvalue weighted by Gasteiger charge is -2.46. The largest absolute Gasteiger partial charge is 0.573 e. The first-order chi connectivity index (χ1) is 16.9. The number of aromatic nitrogens is 5. The minimum Gasteiger partial charge on any atom is -0.486 e. The first-order valence-corrected chi connectivity index (χ1v) is 11.3. The molecule has 1 aromatic carbocycles. The average Bonchev–Trinajstić information content (AvgIpc) is 3.41. The summed E-state index contributed by atoms with van der Waals surface area (Å²) in [5, 5.41) is 31.9. The lowest BCUT2D eigenvalue weighted by atomic mass is 9.81. The van der Waals surface area contributed by atoms with Crippen molar-refractivity contribution in [2.24, 2.45) is 0 Å². The monoisotopic (exact) mass is 513 g/mol. The number of carboxylic acid groups (broad SMARTS) is 1. The predicted octanol–water partition coefficient (Wildman–Crippen LogP) is 2.63. The molecular weight excluding hydrogens is 493 g/mol. The molecule has 1 atom stereocenters. The number of carboxylic acids is 1. The van der Waals surface area contributed by atoms with E-state index in [1.807, 2.05) is 4.90 Å². The molecule has 1 spiro atoms. The van der Waals surface area contributed by atoms with Crippen molar-refractivity contribution in [3.05, 3.63) is 30.0 Å². The van der Waals surface area contributed by atoms with Gasteiger partial charge < -0.3 is 24.6 Å². The molecule has 11 nitrogen and oxygen atoms in total. The Hall–Kier alpha value is -3.46. The number of rotatable bonds is 5. The summed E-state index contributed by atoms with van der Waals surface area (Å²) in [7, 11) is 0. The van der Waals surface area contributed by atoms with Crippen LogP contribution < -0.4 is 14.4 Å². The van der Waals surface area contributed by atoms with Gasteiger partial charge in [-0.15, -0.1) is 23.4 Å².